The van der Waals surface area contributed by atoms with Gasteiger partial charge in [-0.3, -0.25) is 0 Å². The smallest absolute Gasteiger partial charge is 0.140 e. The van der Waals surface area contributed by atoms with Crippen LogP contribution in [0.25, 0.3) is 0 Å². The molecule has 1 N–H and O–H groups in total. The molecule has 0 aliphatic carbocycles. The van der Waals surface area contributed by atoms with Gasteiger partial charge in [-0.2, -0.15) is 5.26 Å². The van der Waals surface area contributed by atoms with Crippen LogP contribution in [0.3, 0.4) is 0 Å². The summed E-state index contributed by atoms with van der Waals surface area (Å²) in [5, 5.41) is 13.1. The first-order chi connectivity index (χ1) is 10.1. The van der Waals surface area contributed by atoms with Gasteiger partial charge in [0.2, 0.25) is 0 Å². The van der Waals surface area contributed by atoms with Gasteiger partial charge in [-0.15, -0.1) is 0 Å². The van der Waals surface area contributed by atoms with Gasteiger partial charge in [0.25, 0.3) is 0 Å². The molecule has 0 heterocycles. The van der Waals surface area contributed by atoms with Crippen LogP contribution in [0.5, 0.6) is 5.75 Å². The molecule has 0 aliphatic heterocycles. The number of hydrogen-bond acceptors (Lipinski definition) is 3. The Labute approximate surface area is 130 Å². The second kappa shape index (κ2) is 7.01. The SMILES string of the molecule is CC(C)Oc1cccc(C(C#N)Nc2ccccc2Cl)c1. The van der Waals surface area contributed by atoms with Crippen molar-refractivity contribution in [3.8, 4) is 11.8 Å². The number of benzene rings is 2. The van der Waals surface area contributed by atoms with E-state index in [-0.39, 0.29) is 6.10 Å². The quantitative estimate of drug-likeness (QED) is 0.862. The average Bonchev–Trinajstić information content (AvgIpc) is 2.46. The summed E-state index contributed by atoms with van der Waals surface area (Å²) in [6.45, 7) is 3.94. The molecule has 0 amide bonds. The highest BCUT2D eigenvalue weighted by Gasteiger charge is 2.13. The molecule has 0 bridgehead atoms. The maximum absolute atomic E-state index is 9.41. The lowest BCUT2D eigenvalue weighted by molar-refractivity contribution is 0.242. The Morgan fingerprint density at radius 1 is 1.14 bits per heavy atom. The first-order valence-corrected chi connectivity index (χ1v) is 7.15. The molecule has 1 unspecified atom stereocenters. The maximum atomic E-state index is 9.41. The van der Waals surface area contributed by atoms with E-state index >= 15 is 0 Å². The van der Waals surface area contributed by atoms with Crippen molar-refractivity contribution in [2.45, 2.75) is 26.0 Å². The zero-order valence-electron chi connectivity index (χ0n) is 12.0. The molecule has 2 aromatic rings. The van der Waals surface area contributed by atoms with Gasteiger partial charge in [0.15, 0.2) is 0 Å². The van der Waals surface area contributed by atoms with Crippen molar-refractivity contribution < 1.29 is 4.74 Å². The van der Waals surface area contributed by atoms with Crippen molar-refractivity contribution in [2.75, 3.05) is 5.32 Å². The molecule has 21 heavy (non-hydrogen) atoms. The Balaban J connectivity index is 2.22. The zero-order valence-corrected chi connectivity index (χ0v) is 12.8. The molecule has 108 valence electrons. The van der Waals surface area contributed by atoms with Gasteiger partial charge in [0.1, 0.15) is 11.8 Å². The van der Waals surface area contributed by atoms with Crippen molar-refractivity contribution in [2.24, 2.45) is 0 Å². The molecule has 0 saturated carbocycles. The highest BCUT2D eigenvalue weighted by molar-refractivity contribution is 6.33. The van der Waals surface area contributed by atoms with E-state index in [0.717, 1.165) is 17.0 Å². The second-order valence-corrected chi connectivity index (χ2v) is 5.33. The van der Waals surface area contributed by atoms with Crippen molar-refractivity contribution in [1.82, 2.24) is 0 Å². The Hall–Kier alpha value is -2.18. The van der Waals surface area contributed by atoms with Crippen LogP contribution in [0.2, 0.25) is 5.02 Å². The summed E-state index contributed by atoms with van der Waals surface area (Å²) in [4.78, 5) is 0. The molecular weight excluding hydrogens is 284 g/mol. The number of nitrogens with one attached hydrogen (secondary N) is 1. The fraction of sp³-hybridized carbons (Fsp3) is 0.235. The molecule has 0 aliphatic rings. The molecule has 3 nitrogen and oxygen atoms in total. The molecule has 0 spiro atoms. The lowest BCUT2D eigenvalue weighted by atomic mass is 10.1. The predicted molar refractivity (Wildman–Crippen MR) is 85.6 cm³/mol. The van der Waals surface area contributed by atoms with Gasteiger partial charge in [-0.05, 0) is 43.7 Å². The summed E-state index contributed by atoms with van der Waals surface area (Å²) in [7, 11) is 0. The number of para-hydroxylation sites is 1. The lowest BCUT2D eigenvalue weighted by Gasteiger charge is -2.16. The fourth-order valence-electron chi connectivity index (χ4n) is 1.96. The summed E-state index contributed by atoms with van der Waals surface area (Å²) in [5.41, 5.74) is 1.58. The van der Waals surface area contributed by atoms with Crippen molar-refractivity contribution in [3.05, 3.63) is 59.1 Å². The molecule has 0 radical (unpaired) electrons. The van der Waals surface area contributed by atoms with Gasteiger partial charge in [-0.1, -0.05) is 35.9 Å². The van der Waals surface area contributed by atoms with Crippen LogP contribution >= 0.6 is 11.6 Å². The first kappa shape index (κ1) is 15.2. The molecule has 0 aromatic heterocycles. The van der Waals surface area contributed by atoms with Crippen LogP contribution in [0.4, 0.5) is 5.69 Å². The van der Waals surface area contributed by atoms with E-state index in [1.54, 1.807) is 6.07 Å². The number of hydrogen-bond donors (Lipinski definition) is 1. The van der Waals surface area contributed by atoms with E-state index in [0.29, 0.717) is 5.02 Å². The van der Waals surface area contributed by atoms with E-state index in [2.05, 4.69) is 11.4 Å². The highest BCUT2D eigenvalue weighted by atomic mass is 35.5. The third kappa shape index (κ3) is 4.14. The normalized spacial score (nSPS) is 11.8. The van der Waals surface area contributed by atoms with Crippen molar-refractivity contribution in [1.29, 1.82) is 5.26 Å². The first-order valence-electron chi connectivity index (χ1n) is 6.77. The zero-order chi connectivity index (χ0) is 15.2. The van der Waals surface area contributed by atoms with Gasteiger partial charge in [0.05, 0.1) is 22.9 Å². The molecule has 2 aromatic carbocycles. The number of halogens is 1. The van der Waals surface area contributed by atoms with Gasteiger partial charge >= 0.3 is 0 Å². The van der Waals surface area contributed by atoms with Gasteiger partial charge < -0.3 is 10.1 Å². The summed E-state index contributed by atoms with van der Waals surface area (Å²) in [6.07, 6.45) is 0.0947. The average molecular weight is 301 g/mol. The summed E-state index contributed by atoms with van der Waals surface area (Å²) < 4.78 is 5.66. The third-order valence-corrected chi connectivity index (χ3v) is 3.20. The largest absolute Gasteiger partial charge is 0.491 e. The van der Waals surface area contributed by atoms with E-state index in [1.165, 1.54) is 0 Å². The van der Waals surface area contributed by atoms with E-state index in [4.69, 9.17) is 16.3 Å². The molecule has 2 rings (SSSR count). The van der Waals surface area contributed by atoms with E-state index in [1.807, 2.05) is 56.3 Å². The van der Waals surface area contributed by atoms with Gasteiger partial charge in [0, 0.05) is 0 Å². The summed E-state index contributed by atoms with van der Waals surface area (Å²) in [6, 6.07) is 16.7. The lowest BCUT2D eigenvalue weighted by Crippen LogP contribution is -2.10. The minimum atomic E-state index is -0.486. The topological polar surface area (TPSA) is 45.0 Å². The Bertz CT molecular complexity index is 649. The number of rotatable bonds is 5. The Morgan fingerprint density at radius 2 is 1.90 bits per heavy atom. The van der Waals surface area contributed by atoms with Crippen LogP contribution in [0.15, 0.2) is 48.5 Å². The predicted octanol–water partition coefficient (Wildman–Crippen LogP) is 4.80. The number of nitrogens with zero attached hydrogens (tertiary/aromatic N) is 1. The van der Waals surface area contributed by atoms with Crippen molar-refractivity contribution >= 4 is 17.3 Å². The molecule has 1 atom stereocenters. The maximum Gasteiger partial charge on any atom is 0.140 e. The minimum absolute atomic E-state index is 0.0947. The Morgan fingerprint density at radius 3 is 2.57 bits per heavy atom. The van der Waals surface area contributed by atoms with Crippen LogP contribution in [0, 0.1) is 11.3 Å². The Kier molecular flexibility index (Phi) is 5.08. The molecular formula is C17H17ClN2O. The highest BCUT2D eigenvalue weighted by Crippen LogP contribution is 2.27. The summed E-state index contributed by atoms with van der Waals surface area (Å²) >= 11 is 6.12. The van der Waals surface area contributed by atoms with E-state index in [9.17, 15) is 5.26 Å². The summed E-state index contributed by atoms with van der Waals surface area (Å²) in [5.74, 6) is 0.753. The fourth-order valence-corrected chi connectivity index (χ4v) is 2.15. The minimum Gasteiger partial charge on any atom is -0.491 e. The van der Waals surface area contributed by atoms with Crippen LogP contribution < -0.4 is 10.1 Å². The molecule has 0 fully saturated rings. The van der Waals surface area contributed by atoms with Crippen LogP contribution in [-0.2, 0) is 0 Å². The molecule has 0 saturated heterocycles. The number of anilines is 1. The van der Waals surface area contributed by atoms with Gasteiger partial charge in [-0.25, -0.2) is 0 Å². The monoisotopic (exact) mass is 300 g/mol. The third-order valence-electron chi connectivity index (χ3n) is 2.87. The van der Waals surface area contributed by atoms with Crippen molar-refractivity contribution in [3.63, 3.8) is 0 Å². The number of ether oxygens (including phenoxy) is 1. The van der Waals surface area contributed by atoms with Crippen LogP contribution in [-0.4, -0.2) is 6.10 Å². The number of nitriles is 1. The molecule has 4 heteroatoms. The second-order valence-electron chi connectivity index (χ2n) is 4.93. The van der Waals surface area contributed by atoms with Crippen LogP contribution in [0.1, 0.15) is 25.5 Å². The van der Waals surface area contributed by atoms with E-state index < -0.39 is 6.04 Å². The standard InChI is InChI=1S/C17H17ClN2O/c1-12(2)21-14-7-5-6-13(10-14)17(11-19)20-16-9-4-3-8-15(16)18/h3-10,12,17,20H,1-2H3.